The highest BCUT2D eigenvalue weighted by atomic mass is 15.1. The minimum Gasteiger partial charge on any atom is -0.319 e. The van der Waals surface area contributed by atoms with E-state index < -0.39 is 0 Å². The van der Waals surface area contributed by atoms with Gasteiger partial charge in [-0.15, -0.1) is 0 Å². The quantitative estimate of drug-likeness (QED) is 0.107. The van der Waals surface area contributed by atoms with Gasteiger partial charge in [0.15, 0.2) is 0 Å². The molecule has 4 nitrogen and oxygen atoms in total. The SMILES string of the molecule is C[n+]1[c-]n(-c2ccc(-c3ccccc3-c3cc(-c4ccccc4-c4ccc(-c5ccccc5)nc4)cc(-c4ccccc4-c4ccc(-c5ccccc5)nc4)c3)cc2)c2ccccc21. The molecule has 11 rings (SSSR count). The highest BCUT2D eigenvalue weighted by Crippen LogP contribution is 2.42. The molecule has 0 amide bonds. The maximum absolute atomic E-state index is 4.94. The normalized spacial score (nSPS) is 11.2. The molecule has 0 saturated carbocycles. The molecule has 11 aromatic rings. The maximum Gasteiger partial charge on any atom is 0.244 e. The van der Waals surface area contributed by atoms with Crippen LogP contribution in [0.4, 0.5) is 0 Å². The molecule has 0 fully saturated rings. The molecule has 0 aliphatic carbocycles. The van der Waals surface area contributed by atoms with Gasteiger partial charge in [-0.25, -0.2) is 0 Å². The van der Waals surface area contributed by atoms with Crippen molar-refractivity contribution in [2.75, 3.05) is 0 Å². The van der Waals surface area contributed by atoms with Gasteiger partial charge in [0.2, 0.25) is 6.33 Å². The van der Waals surface area contributed by atoms with E-state index in [9.17, 15) is 0 Å². The molecule has 302 valence electrons. The van der Waals surface area contributed by atoms with Crippen molar-refractivity contribution in [2.24, 2.45) is 7.05 Å². The second kappa shape index (κ2) is 16.8. The van der Waals surface area contributed by atoms with E-state index >= 15 is 0 Å². The number of rotatable bonds is 9. The van der Waals surface area contributed by atoms with Crippen molar-refractivity contribution in [1.82, 2.24) is 14.5 Å². The van der Waals surface area contributed by atoms with E-state index in [0.29, 0.717) is 0 Å². The highest BCUT2D eigenvalue weighted by molar-refractivity contribution is 5.94. The van der Waals surface area contributed by atoms with Gasteiger partial charge in [0.05, 0.1) is 35.2 Å². The molecule has 0 N–H and O–H groups in total. The fourth-order valence-corrected chi connectivity index (χ4v) is 8.90. The Morgan fingerprint density at radius 3 is 1.16 bits per heavy atom. The summed E-state index contributed by atoms with van der Waals surface area (Å²) in [7, 11) is 2.04. The summed E-state index contributed by atoms with van der Waals surface area (Å²) in [5.41, 5.74) is 20.9. The number of para-hydroxylation sites is 2. The minimum atomic E-state index is 0.951. The lowest BCUT2D eigenvalue weighted by Gasteiger charge is -2.18. The van der Waals surface area contributed by atoms with Crippen LogP contribution in [0.2, 0.25) is 0 Å². The smallest absolute Gasteiger partial charge is 0.244 e. The number of pyridine rings is 2. The summed E-state index contributed by atoms with van der Waals surface area (Å²) in [6.07, 6.45) is 7.49. The van der Waals surface area contributed by atoms with E-state index in [4.69, 9.17) is 9.97 Å². The maximum atomic E-state index is 4.94. The first-order valence-electron chi connectivity index (χ1n) is 21.6. The van der Waals surface area contributed by atoms with Gasteiger partial charge in [-0.1, -0.05) is 194 Å². The van der Waals surface area contributed by atoms with E-state index in [-0.39, 0.29) is 0 Å². The van der Waals surface area contributed by atoms with Crippen LogP contribution < -0.4 is 4.57 Å². The molecule has 0 aliphatic rings. The number of nitrogens with zero attached hydrogens (tertiary/aromatic N) is 4. The molecule has 0 unspecified atom stereocenters. The summed E-state index contributed by atoms with van der Waals surface area (Å²) in [5.74, 6) is 0. The third-order valence-corrected chi connectivity index (χ3v) is 12.1. The summed E-state index contributed by atoms with van der Waals surface area (Å²) in [6.45, 7) is 0. The number of benzene rings is 8. The lowest BCUT2D eigenvalue weighted by molar-refractivity contribution is -0.649. The molecule has 8 aromatic carbocycles. The second-order valence-corrected chi connectivity index (χ2v) is 16.1. The van der Waals surface area contributed by atoms with Crippen LogP contribution in [0.3, 0.4) is 0 Å². The lowest BCUT2D eigenvalue weighted by Crippen LogP contribution is -2.26. The molecule has 0 saturated heterocycles. The predicted molar refractivity (Wildman–Crippen MR) is 262 cm³/mol. The number of aromatic nitrogens is 4. The highest BCUT2D eigenvalue weighted by Gasteiger charge is 2.17. The van der Waals surface area contributed by atoms with Gasteiger partial charge in [0.25, 0.3) is 0 Å². The van der Waals surface area contributed by atoms with Gasteiger partial charge in [-0.3, -0.25) is 9.97 Å². The Hall–Kier alpha value is -8.47. The molecule has 3 aromatic heterocycles. The third kappa shape index (κ3) is 7.37. The zero-order valence-electron chi connectivity index (χ0n) is 35.3. The Morgan fingerprint density at radius 1 is 0.344 bits per heavy atom. The summed E-state index contributed by atoms with van der Waals surface area (Å²) in [5, 5.41) is 0. The molecule has 4 heteroatoms. The summed E-state index contributed by atoms with van der Waals surface area (Å²) in [6, 6.07) is 79.7. The van der Waals surface area contributed by atoms with E-state index in [0.717, 1.165) is 106 Å². The molecular formula is C60H42N4. The zero-order chi connectivity index (χ0) is 42.8. The molecule has 0 aliphatic heterocycles. The van der Waals surface area contributed by atoms with Gasteiger partial charge in [0.1, 0.15) is 0 Å². The van der Waals surface area contributed by atoms with Gasteiger partial charge in [0, 0.05) is 34.6 Å². The zero-order valence-corrected chi connectivity index (χ0v) is 35.3. The average Bonchev–Trinajstić information content (AvgIpc) is 3.72. The minimum absolute atomic E-state index is 0.951. The first-order chi connectivity index (χ1) is 31.6. The van der Waals surface area contributed by atoms with E-state index in [2.05, 4.69) is 223 Å². The van der Waals surface area contributed by atoms with Gasteiger partial charge in [-0.2, -0.15) is 0 Å². The summed E-state index contributed by atoms with van der Waals surface area (Å²) < 4.78 is 4.18. The van der Waals surface area contributed by atoms with Crippen molar-refractivity contribution in [2.45, 2.75) is 0 Å². The first-order valence-corrected chi connectivity index (χ1v) is 21.6. The number of imidazole rings is 1. The van der Waals surface area contributed by atoms with Gasteiger partial charge >= 0.3 is 0 Å². The summed E-state index contributed by atoms with van der Waals surface area (Å²) in [4.78, 5) is 9.87. The Bertz CT molecular complexity index is 3260. The van der Waals surface area contributed by atoms with Crippen molar-refractivity contribution < 1.29 is 4.57 Å². The number of aryl methyl sites for hydroxylation is 1. The van der Waals surface area contributed by atoms with Crippen LogP contribution >= 0.6 is 0 Å². The Morgan fingerprint density at radius 2 is 0.719 bits per heavy atom. The molecule has 0 radical (unpaired) electrons. The van der Waals surface area contributed by atoms with Crippen LogP contribution in [-0.4, -0.2) is 14.5 Å². The first kappa shape index (κ1) is 38.5. The van der Waals surface area contributed by atoms with E-state index in [1.54, 1.807) is 0 Å². The van der Waals surface area contributed by atoms with E-state index in [1.807, 2.05) is 36.1 Å². The van der Waals surface area contributed by atoms with Crippen molar-refractivity contribution >= 4 is 11.0 Å². The standard InChI is InChI=1S/C60H42N4/c1-63-41-64(60-27-15-14-26-59(60)63)50-32-28-42(29-33-50)51-20-8-11-23-54(51)47-36-48(55-24-12-9-21-52(55)45-30-34-57(61-39-45)43-16-4-2-5-17-43)38-49(37-47)56-25-13-10-22-53(56)46-31-35-58(62-40-46)44-18-6-3-7-19-44/h2-40H,1H3. The molecule has 0 bridgehead atoms. The topological polar surface area (TPSA) is 34.6 Å². The Labute approximate surface area is 373 Å². The fraction of sp³-hybridized carbons (Fsp3) is 0.0167. The van der Waals surface area contributed by atoms with Crippen LogP contribution in [-0.2, 0) is 7.05 Å². The van der Waals surface area contributed by atoms with Crippen LogP contribution in [0.5, 0.6) is 0 Å². The molecular weight excluding hydrogens is 777 g/mol. The number of hydrogen-bond acceptors (Lipinski definition) is 2. The second-order valence-electron chi connectivity index (χ2n) is 16.1. The lowest BCUT2D eigenvalue weighted by atomic mass is 9.86. The number of hydrogen-bond donors (Lipinski definition) is 0. The van der Waals surface area contributed by atoms with Crippen LogP contribution in [0.15, 0.2) is 237 Å². The number of fused-ring (bicyclic) bond motifs is 1. The largest absolute Gasteiger partial charge is 0.319 e. The van der Waals surface area contributed by atoms with Crippen molar-refractivity contribution in [3.05, 3.63) is 243 Å². The molecule has 3 heterocycles. The molecule has 64 heavy (non-hydrogen) atoms. The Kier molecular flexibility index (Phi) is 10.1. The predicted octanol–water partition coefficient (Wildman–Crippen LogP) is 14.4. The molecule has 0 atom stereocenters. The monoisotopic (exact) mass is 818 g/mol. The van der Waals surface area contributed by atoms with Crippen molar-refractivity contribution in [3.8, 4) is 95.0 Å². The van der Waals surface area contributed by atoms with Gasteiger partial charge < -0.3 is 9.13 Å². The van der Waals surface area contributed by atoms with Crippen molar-refractivity contribution in [3.63, 3.8) is 0 Å². The third-order valence-electron chi connectivity index (χ3n) is 12.1. The fourth-order valence-electron chi connectivity index (χ4n) is 8.90. The van der Waals surface area contributed by atoms with Crippen molar-refractivity contribution in [1.29, 1.82) is 0 Å². The Balaban J connectivity index is 1.05. The van der Waals surface area contributed by atoms with E-state index in [1.165, 1.54) is 0 Å². The van der Waals surface area contributed by atoms with Crippen LogP contribution in [0.25, 0.3) is 106 Å². The molecule has 0 spiro atoms. The van der Waals surface area contributed by atoms with Gasteiger partial charge in [-0.05, 0) is 86.0 Å². The average molecular weight is 819 g/mol. The summed E-state index contributed by atoms with van der Waals surface area (Å²) >= 11 is 0. The van der Waals surface area contributed by atoms with Crippen LogP contribution in [0, 0.1) is 6.33 Å². The van der Waals surface area contributed by atoms with Crippen LogP contribution in [0.1, 0.15) is 0 Å².